The third-order valence-electron chi connectivity index (χ3n) is 13.1. The number of amides is 1. The molecule has 40 heavy (non-hydrogen) atoms. The second kappa shape index (κ2) is 8.63. The molecule has 0 radical (unpaired) electrons. The quantitative estimate of drug-likeness (QED) is 0.444. The average Bonchev–Trinajstić information content (AvgIpc) is 2.88. The van der Waals surface area contributed by atoms with E-state index < -0.39 is 10.8 Å². The van der Waals surface area contributed by atoms with Crippen molar-refractivity contribution in [3.63, 3.8) is 0 Å². The molecule has 7 atom stereocenters. The highest BCUT2D eigenvalue weighted by atomic mass is 16.2. The van der Waals surface area contributed by atoms with Gasteiger partial charge < -0.3 is 4.90 Å². The first-order chi connectivity index (χ1) is 18.6. The fourth-order valence-electron chi connectivity index (χ4n) is 10.9. The molecule has 5 aliphatic carbocycles. The van der Waals surface area contributed by atoms with Gasteiger partial charge in [0.05, 0.1) is 12.1 Å². The number of fused-ring (bicyclic) bond motifs is 7. The lowest BCUT2D eigenvalue weighted by atomic mass is 9.39. The number of nitrogens with zero attached hydrogens (tertiary/aromatic N) is 3. The van der Waals surface area contributed by atoms with Crippen molar-refractivity contribution in [2.45, 2.75) is 92.0 Å². The molecule has 0 spiro atoms. The number of likely N-dealkylation sites (N-methyl/N-ethyl adjacent to an activating group) is 1. The second-order valence-electron chi connectivity index (χ2n) is 16.0. The molecule has 0 aromatic carbocycles. The molecule has 0 bridgehead atoms. The lowest BCUT2D eigenvalue weighted by Crippen LogP contribution is -2.69. The van der Waals surface area contributed by atoms with Crippen molar-refractivity contribution in [3.8, 4) is 6.07 Å². The van der Waals surface area contributed by atoms with E-state index in [0.29, 0.717) is 6.54 Å². The molecular formula is C34H47N3O3. The molecule has 3 saturated carbocycles. The lowest BCUT2D eigenvalue weighted by Gasteiger charge is -2.67. The lowest BCUT2D eigenvalue weighted by molar-refractivity contribution is -0.162. The zero-order valence-electron chi connectivity index (χ0n) is 25.6. The molecule has 4 fully saturated rings. The van der Waals surface area contributed by atoms with E-state index in [0.717, 1.165) is 63.6 Å². The summed E-state index contributed by atoms with van der Waals surface area (Å²) in [6, 6.07) is 2.20. The van der Waals surface area contributed by atoms with Crippen LogP contribution in [-0.4, -0.2) is 59.5 Å². The van der Waals surface area contributed by atoms with Gasteiger partial charge in [0.15, 0.2) is 11.6 Å². The van der Waals surface area contributed by atoms with Gasteiger partial charge in [0.2, 0.25) is 5.91 Å². The molecule has 6 aliphatic rings. The number of ketones is 2. The smallest absolute Gasteiger partial charge is 0.236 e. The van der Waals surface area contributed by atoms with Crippen LogP contribution in [-0.2, 0) is 14.4 Å². The van der Waals surface area contributed by atoms with Crippen LogP contribution in [0, 0.1) is 56.7 Å². The van der Waals surface area contributed by atoms with Crippen LogP contribution < -0.4 is 0 Å². The molecule has 1 heterocycles. The summed E-state index contributed by atoms with van der Waals surface area (Å²) < 4.78 is 0. The van der Waals surface area contributed by atoms with E-state index in [1.54, 1.807) is 0 Å². The third kappa shape index (κ3) is 3.58. The van der Waals surface area contributed by atoms with Gasteiger partial charge >= 0.3 is 0 Å². The number of allylic oxidation sites excluding steroid dienone is 4. The van der Waals surface area contributed by atoms with E-state index >= 15 is 0 Å². The van der Waals surface area contributed by atoms with Crippen LogP contribution in [0.4, 0.5) is 0 Å². The van der Waals surface area contributed by atoms with Gasteiger partial charge in [-0.05, 0) is 79.6 Å². The summed E-state index contributed by atoms with van der Waals surface area (Å²) in [6.45, 7) is 15.4. The minimum absolute atomic E-state index is 0.0466. The molecule has 1 aliphatic heterocycles. The van der Waals surface area contributed by atoms with E-state index in [9.17, 15) is 19.6 Å². The average molecular weight is 546 g/mol. The van der Waals surface area contributed by atoms with Crippen LogP contribution in [0.1, 0.15) is 86.5 Å². The first-order valence-corrected chi connectivity index (χ1v) is 15.5. The van der Waals surface area contributed by atoms with Crippen molar-refractivity contribution in [1.82, 2.24) is 9.80 Å². The number of hydrogen-bond donors (Lipinski definition) is 0. The summed E-state index contributed by atoms with van der Waals surface area (Å²) in [6.07, 6.45) is 11.0. The van der Waals surface area contributed by atoms with Gasteiger partial charge in [0.1, 0.15) is 6.07 Å². The fraction of sp³-hybridized carbons (Fsp3) is 0.765. The van der Waals surface area contributed by atoms with Gasteiger partial charge in [0.25, 0.3) is 0 Å². The van der Waals surface area contributed by atoms with Crippen molar-refractivity contribution in [3.05, 3.63) is 23.3 Å². The Labute approximate surface area is 240 Å². The molecule has 6 rings (SSSR count). The maximum absolute atomic E-state index is 14.5. The van der Waals surface area contributed by atoms with Crippen LogP contribution in [0.3, 0.4) is 0 Å². The van der Waals surface area contributed by atoms with Gasteiger partial charge in [-0.3, -0.25) is 19.3 Å². The molecule has 0 aromatic rings. The van der Waals surface area contributed by atoms with E-state index in [-0.39, 0.29) is 63.1 Å². The first-order valence-electron chi connectivity index (χ1n) is 15.5. The van der Waals surface area contributed by atoms with Crippen LogP contribution in [0.25, 0.3) is 0 Å². The van der Waals surface area contributed by atoms with E-state index in [1.165, 1.54) is 0 Å². The summed E-state index contributed by atoms with van der Waals surface area (Å²) in [5, 5.41) is 9.91. The monoisotopic (exact) mass is 545 g/mol. The topological polar surface area (TPSA) is 81.5 Å². The van der Waals surface area contributed by atoms with Gasteiger partial charge in [-0.25, -0.2) is 0 Å². The molecular weight excluding hydrogens is 498 g/mol. The Morgan fingerprint density at radius 2 is 1.65 bits per heavy atom. The molecule has 0 N–H and O–H groups in total. The van der Waals surface area contributed by atoms with Crippen LogP contribution >= 0.6 is 0 Å². The Morgan fingerprint density at radius 1 is 0.925 bits per heavy atom. The minimum Gasteiger partial charge on any atom is -0.343 e. The molecule has 2 unspecified atom stereocenters. The molecule has 1 amide bonds. The van der Waals surface area contributed by atoms with E-state index in [1.807, 2.05) is 37.9 Å². The standard InChI is InChI=1S/C34H47N3O3/c1-30(2)12-13-34(37-15-14-36(7)27(39)20-37)11-8-22-28(23(34)18-30)24(38)16-26-32(22,5)10-9-25-31(3,4)29(40)21(19-35)17-33(25,26)6/h16-17,22-23,25,28H,8-15,18,20H2,1-7H3/t22?,23-,25?,28-,32-,33-,34+/m0/s1. The Hall–Kier alpha value is -2.26. The number of Topliss-reactive ketones (excluding diaryl/α,β-unsaturated/α-hetero) is 1. The SMILES string of the molecule is CN1CCN([C@@]23CCC4[C@H](C(=O)C=C5[C@@]6(C)C=C(C#N)C(=O)C(C)(C)C6CC[C@]54C)[C@@H]2CC(C)(C)CC3)CC1=O. The van der Waals surface area contributed by atoms with Gasteiger partial charge in [-0.15, -0.1) is 0 Å². The van der Waals surface area contributed by atoms with Crippen molar-refractivity contribution < 1.29 is 14.4 Å². The first kappa shape index (κ1) is 27.9. The zero-order valence-corrected chi connectivity index (χ0v) is 25.6. The van der Waals surface area contributed by atoms with Gasteiger partial charge in [0, 0.05) is 42.4 Å². The predicted molar refractivity (Wildman–Crippen MR) is 154 cm³/mol. The van der Waals surface area contributed by atoms with Crippen LogP contribution in [0.15, 0.2) is 23.3 Å². The minimum atomic E-state index is -0.639. The number of piperazine rings is 1. The van der Waals surface area contributed by atoms with Crippen molar-refractivity contribution in [2.75, 3.05) is 26.7 Å². The highest BCUT2D eigenvalue weighted by Crippen LogP contribution is 2.69. The second-order valence-corrected chi connectivity index (χ2v) is 16.0. The Morgan fingerprint density at radius 3 is 2.33 bits per heavy atom. The molecule has 6 nitrogen and oxygen atoms in total. The summed E-state index contributed by atoms with van der Waals surface area (Å²) in [4.78, 5) is 45.0. The summed E-state index contributed by atoms with van der Waals surface area (Å²) >= 11 is 0. The van der Waals surface area contributed by atoms with Crippen LogP contribution in [0.5, 0.6) is 0 Å². The number of carbonyl (C=O) groups is 3. The molecule has 216 valence electrons. The predicted octanol–water partition coefficient (Wildman–Crippen LogP) is 5.34. The van der Waals surface area contributed by atoms with Crippen molar-refractivity contribution >= 4 is 17.5 Å². The zero-order chi connectivity index (χ0) is 29.0. The number of nitriles is 1. The Bertz CT molecular complexity index is 1290. The normalized spacial score (nSPS) is 44.4. The maximum Gasteiger partial charge on any atom is 0.236 e. The third-order valence-corrected chi connectivity index (χ3v) is 13.1. The van der Waals surface area contributed by atoms with Crippen molar-refractivity contribution in [2.24, 2.45) is 45.3 Å². The highest BCUT2D eigenvalue weighted by molar-refractivity contribution is 6.04. The summed E-state index contributed by atoms with van der Waals surface area (Å²) in [5.74, 6) is 0.872. The highest BCUT2D eigenvalue weighted by Gasteiger charge is 2.66. The Balaban J connectivity index is 1.46. The van der Waals surface area contributed by atoms with Crippen LogP contribution in [0.2, 0.25) is 0 Å². The van der Waals surface area contributed by atoms with E-state index in [4.69, 9.17) is 0 Å². The molecule has 1 saturated heterocycles. The largest absolute Gasteiger partial charge is 0.343 e. The maximum atomic E-state index is 14.5. The van der Waals surface area contributed by atoms with Crippen molar-refractivity contribution in [1.29, 1.82) is 5.26 Å². The number of rotatable bonds is 1. The van der Waals surface area contributed by atoms with E-state index in [2.05, 4.69) is 38.7 Å². The molecule has 0 aromatic heterocycles. The number of carbonyl (C=O) groups excluding carboxylic acids is 3. The summed E-state index contributed by atoms with van der Waals surface area (Å²) in [7, 11) is 1.90. The number of hydrogen-bond acceptors (Lipinski definition) is 5. The van der Waals surface area contributed by atoms with Gasteiger partial charge in [-0.1, -0.05) is 53.2 Å². The fourth-order valence-corrected chi connectivity index (χ4v) is 10.9. The summed E-state index contributed by atoms with van der Waals surface area (Å²) in [5.41, 5.74) is 0.204. The van der Waals surface area contributed by atoms with Gasteiger partial charge in [-0.2, -0.15) is 5.26 Å². The molecule has 6 heteroatoms. The Kier molecular flexibility index (Phi) is 6.02.